The maximum Gasteiger partial charge on any atom is 0.338 e. The van der Waals surface area contributed by atoms with Crippen LogP contribution in [0.1, 0.15) is 22.8 Å². The lowest BCUT2D eigenvalue weighted by Crippen LogP contribution is -2.14. The van der Waals surface area contributed by atoms with Gasteiger partial charge in [0.05, 0.1) is 22.8 Å². The molecule has 0 aliphatic carbocycles. The van der Waals surface area contributed by atoms with Crippen molar-refractivity contribution in [1.29, 1.82) is 0 Å². The highest BCUT2D eigenvalue weighted by Crippen LogP contribution is 2.23. The third kappa shape index (κ3) is 4.33. The molecule has 5 nitrogen and oxygen atoms in total. The van der Waals surface area contributed by atoms with Gasteiger partial charge in [0.25, 0.3) is 10.0 Å². The normalized spacial score (nSPS) is 11.1. The average Bonchev–Trinajstić information content (AvgIpc) is 2.50. The van der Waals surface area contributed by atoms with Gasteiger partial charge in [0.2, 0.25) is 0 Å². The molecule has 0 aromatic heterocycles. The van der Waals surface area contributed by atoms with E-state index < -0.39 is 16.0 Å². The van der Waals surface area contributed by atoms with Crippen LogP contribution in [0.4, 0.5) is 5.69 Å². The number of esters is 1. The summed E-state index contributed by atoms with van der Waals surface area (Å²) in [5.41, 5.74) is 1.61. The van der Waals surface area contributed by atoms with Crippen molar-refractivity contribution >= 4 is 37.6 Å². The van der Waals surface area contributed by atoms with Crippen LogP contribution in [0.3, 0.4) is 0 Å². The Morgan fingerprint density at radius 1 is 1.17 bits per heavy atom. The van der Waals surface area contributed by atoms with Crippen molar-refractivity contribution in [2.75, 3.05) is 11.3 Å². The third-order valence-corrected chi connectivity index (χ3v) is 4.98. The zero-order valence-corrected chi connectivity index (χ0v) is 15.1. The summed E-state index contributed by atoms with van der Waals surface area (Å²) in [5, 5.41) is 0. The van der Waals surface area contributed by atoms with E-state index in [0.29, 0.717) is 11.3 Å². The summed E-state index contributed by atoms with van der Waals surface area (Å²) in [6.45, 7) is 3.79. The molecule has 0 atom stereocenters. The summed E-state index contributed by atoms with van der Waals surface area (Å²) in [4.78, 5) is 11.7. The third-order valence-electron chi connectivity index (χ3n) is 3.11. The number of rotatable bonds is 5. The molecule has 0 heterocycles. The molecule has 1 N–H and O–H groups in total. The quantitative estimate of drug-likeness (QED) is 0.779. The first-order valence-electron chi connectivity index (χ1n) is 6.89. The highest BCUT2D eigenvalue weighted by Gasteiger charge is 2.16. The Morgan fingerprint density at radius 2 is 1.83 bits per heavy atom. The van der Waals surface area contributed by atoms with Crippen molar-refractivity contribution < 1.29 is 17.9 Å². The van der Waals surface area contributed by atoms with Gasteiger partial charge in [-0.25, -0.2) is 13.2 Å². The minimum Gasteiger partial charge on any atom is -0.462 e. The molecule has 7 heteroatoms. The van der Waals surface area contributed by atoms with E-state index in [0.717, 1.165) is 10.0 Å². The first kappa shape index (κ1) is 17.5. The number of aryl methyl sites for hydroxylation is 1. The van der Waals surface area contributed by atoms with Crippen LogP contribution in [0.2, 0.25) is 0 Å². The molecule has 0 spiro atoms. The number of carbonyl (C=O) groups excluding carboxylic acids is 1. The molecule has 2 rings (SSSR count). The Bertz CT molecular complexity index is 816. The van der Waals surface area contributed by atoms with E-state index in [4.69, 9.17) is 4.74 Å². The minimum atomic E-state index is -3.72. The van der Waals surface area contributed by atoms with Gasteiger partial charge >= 0.3 is 5.97 Å². The lowest BCUT2D eigenvalue weighted by atomic mass is 10.2. The molecule has 0 saturated carbocycles. The maximum absolute atomic E-state index is 12.4. The summed E-state index contributed by atoms with van der Waals surface area (Å²) in [7, 11) is -3.72. The van der Waals surface area contributed by atoms with Gasteiger partial charge in [0, 0.05) is 4.47 Å². The number of nitrogens with one attached hydrogen (secondary N) is 1. The highest BCUT2D eigenvalue weighted by atomic mass is 79.9. The van der Waals surface area contributed by atoms with Gasteiger partial charge < -0.3 is 4.74 Å². The number of hydrogen-bond donors (Lipinski definition) is 1. The number of sulfonamides is 1. The molecule has 0 bridgehead atoms. The molecule has 2 aromatic rings. The van der Waals surface area contributed by atoms with Crippen LogP contribution in [0, 0.1) is 6.92 Å². The molecule has 0 fully saturated rings. The van der Waals surface area contributed by atoms with Gasteiger partial charge in [-0.1, -0.05) is 15.9 Å². The second kappa shape index (κ2) is 7.14. The zero-order valence-electron chi connectivity index (χ0n) is 12.7. The second-order valence-electron chi connectivity index (χ2n) is 4.81. The second-order valence-corrected chi connectivity index (χ2v) is 7.41. The van der Waals surface area contributed by atoms with Gasteiger partial charge in [-0.15, -0.1) is 0 Å². The lowest BCUT2D eigenvalue weighted by Gasteiger charge is -2.11. The number of carbonyl (C=O) groups is 1. The number of halogens is 1. The topological polar surface area (TPSA) is 72.5 Å². The van der Waals surface area contributed by atoms with Crippen LogP contribution in [-0.4, -0.2) is 21.0 Å². The number of anilines is 1. The van der Waals surface area contributed by atoms with Crippen molar-refractivity contribution in [2.24, 2.45) is 0 Å². The van der Waals surface area contributed by atoms with Crippen molar-refractivity contribution in [1.82, 2.24) is 0 Å². The van der Waals surface area contributed by atoms with E-state index in [1.807, 2.05) is 13.0 Å². The average molecular weight is 398 g/mol. The van der Waals surface area contributed by atoms with Gasteiger partial charge in [-0.3, -0.25) is 4.72 Å². The SMILES string of the molecule is CCOC(=O)c1ccc(S(=O)(=O)Nc2ccc(Br)cc2C)cc1. The van der Waals surface area contributed by atoms with E-state index in [-0.39, 0.29) is 11.5 Å². The zero-order chi connectivity index (χ0) is 17.0. The van der Waals surface area contributed by atoms with Crippen LogP contribution >= 0.6 is 15.9 Å². The Balaban J connectivity index is 2.24. The van der Waals surface area contributed by atoms with Crippen LogP contribution in [0.5, 0.6) is 0 Å². The molecule has 0 radical (unpaired) electrons. The first-order chi connectivity index (χ1) is 10.8. The van der Waals surface area contributed by atoms with Crippen molar-refractivity contribution in [3.63, 3.8) is 0 Å². The number of ether oxygens (including phenoxy) is 1. The molecule has 0 saturated heterocycles. The Hall–Kier alpha value is -1.86. The monoisotopic (exact) mass is 397 g/mol. The van der Waals surface area contributed by atoms with E-state index in [1.54, 1.807) is 19.1 Å². The summed E-state index contributed by atoms with van der Waals surface area (Å²) in [6.07, 6.45) is 0. The standard InChI is InChI=1S/C16H16BrNO4S/c1-3-22-16(19)12-4-7-14(8-5-12)23(20,21)18-15-9-6-13(17)10-11(15)2/h4-10,18H,3H2,1-2H3. The van der Waals surface area contributed by atoms with E-state index in [2.05, 4.69) is 20.7 Å². The summed E-state index contributed by atoms with van der Waals surface area (Å²) < 4.78 is 33.1. The van der Waals surface area contributed by atoms with Gasteiger partial charge in [0.1, 0.15) is 0 Å². The molecule has 2 aromatic carbocycles. The van der Waals surface area contributed by atoms with Gasteiger partial charge in [-0.05, 0) is 61.9 Å². The van der Waals surface area contributed by atoms with Crippen LogP contribution in [0.15, 0.2) is 51.8 Å². The largest absolute Gasteiger partial charge is 0.462 e. The van der Waals surface area contributed by atoms with E-state index >= 15 is 0 Å². The molecule has 122 valence electrons. The molecule has 0 aliphatic heterocycles. The Kier molecular flexibility index (Phi) is 5.43. The number of hydrogen-bond acceptors (Lipinski definition) is 4. The van der Waals surface area contributed by atoms with E-state index in [9.17, 15) is 13.2 Å². The summed E-state index contributed by atoms with van der Waals surface area (Å²) in [6, 6.07) is 10.9. The molecular weight excluding hydrogens is 382 g/mol. The number of benzene rings is 2. The Morgan fingerprint density at radius 3 is 2.39 bits per heavy atom. The fraction of sp³-hybridized carbons (Fsp3) is 0.188. The van der Waals surface area contributed by atoms with Gasteiger partial charge in [-0.2, -0.15) is 0 Å². The molecule has 0 amide bonds. The molecular formula is C16H16BrNO4S. The first-order valence-corrected chi connectivity index (χ1v) is 9.17. The molecule has 23 heavy (non-hydrogen) atoms. The van der Waals surface area contributed by atoms with Gasteiger partial charge in [0.15, 0.2) is 0 Å². The summed E-state index contributed by atoms with van der Waals surface area (Å²) >= 11 is 3.33. The predicted molar refractivity (Wildman–Crippen MR) is 92.1 cm³/mol. The predicted octanol–water partition coefficient (Wildman–Crippen LogP) is 3.74. The highest BCUT2D eigenvalue weighted by molar-refractivity contribution is 9.10. The van der Waals surface area contributed by atoms with Crippen molar-refractivity contribution in [2.45, 2.75) is 18.7 Å². The maximum atomic E-state index is 12.4. The molecule has 0 aliphatic rings. The fourth-order valence-electron chi connectivity index (χ4n) is 1.93. The van der Waals surface area contributed by atoms with Crippen LogP contribution in [0.25, 0.3) is 0 Å². The Labute approximate surface area is 143 Å². The minimum absolute atomic E-state index is 0.0767. The lowest BCUT2D eigenvalue weighted by molar-refractivity contribution is 0.0526. The van der Waals surface area contributed by atoms with E-state index in [1.165, 1.54) is 24.3 Å². The fourth-order valence-corrected chi connectivity index (χ4v) is 3.54. The molecule has 0 unspecified atom stereocenters. The van der Waals surface area contributed by atoms with Crippen molar-refractivity contribution in [3.05, 3.63) is 58.1 Å². The summed E-state index contributed by atoms with van der Waals surface area (Å²) in [5.74, 6) is -0.479. The van der Waals surface area contributed by atoms with Crippen molar-refractivity contribution in [3.8, 4) is 0 Å². The van der Waals surface area contributed by atoms with Crippen LogP contribution in [-0.2, 0) is 14.8 Å². The smallest absolute Gasteiger partial charge is 0.338 e. The van der Waals surface area contributed by atoms with Crippen LogP contribution < -0.4 is 4.72 Å².